The first-order valence-electron chi connectivity index (χ1n) is 7.68. The van der Waals surface area contributed by atoms with Crippen LogP contribution in [0.15, 0.2) is 18.2 Å². The number of nitrogens with one attached hydrogen (secondary N) is 1. The number of nitrogens with zero attached hydrogens (tertiary/aromatic N) is 1. The Morgan fingerprint density at radius 1 is 1.30 bits per heavy atom. The van der Waals surface area contributed by atoms with Crippen molar-refractivity contribution in [2.24, 2.45) is 0 Å². The lowest BCUT2D eigenvalue weighted by Gasteiger charge is -2.24. The lowest BCUT2D eigenvalue weighted by Crippen LogP contribution is -2.34. The molecule has 0 radical (unpaired) electrons. The number of phenols is 1. The molecule has 0 amide bonds. The van der Waals surface area contributed by atoms with Gasteiger partial charge in [0.15, 0.2) is 11.5 Å². The van der Waals surface area contributed by atoms with Crippen molar-refractivity contribution in [2.75, 3.05) is 19.7 Å². The summed E-state index contributed by atoms with van der Waals surface area (Å²) < 4.78 is 5.46. The van der Waals surface area contributed by atoms with E-state index in [0.29, 0.717) is 30.2 Å². The molecule has 110 valence electrons. The highest BCUT2D eigenvalue weighted by molar-refractivity contribution is 5.45. The molecule has 4 heteroatoms. The van der Waals surface area contributed by atoms with Crippen LogP contribution in [0.4, 0.5) is 0 Å². The summed E-state index contributed by atoms with van der Waals surface area (Å²) in [6, 6.07) is 7.11. The zero-order valence-corrected chi connectivity index (χ0v) is 12.1. The van der Waals surface area contributed by atoms with Crippen LogP contribution in [0.2, 0.25) is 0 Å². The zero-order chi connectivity index (χ0) is 13.9. The van der Waals surface area contributed by atoms with Gasteiger partial charge in [-0.15, -0.1) is 0 Å². The van der Waals surface area contributed by atoms with E-state index in [1.165, 1.54) is 19.3 Å². The van der Waals surface area contributed by atoms with E-state index in [-0.39, 0.29) is 0 Å². The van der Waals surface area contributed by atoms with Crippen LogP contribution in [-0.4, -0.2) is 41.8 Å². The van der Waals surface area contributed by atoms with Crippen molar-refractivity contribution in [1.29, 1.82) is 0 Å². The summed E-state index contributed by atoms with van der Waals surface area (Å²) in [4.78, 5) is 2.45. The van der Waals surface area contributed by atoms with Crippen LogP contribution in [-0.2, 0) is 6.54 Å². The number of benzene rings is 1. The molecule has 2 aliphatic heterocycles. The lowest BCUT2D eigenvalue weighted by molar-refractivity contribution is 0.245. The molecule has 3 rings (SSSR count). The van der Waals surface area contributed by atoms with Gasteiger partial charge < -0.3 is 15.2 Å². The molecule has 2 bridgehead atoms. The number of likely N-dealkylation sites (tertiary alicyclic amines) is 1. The van der Waals surface area contributed by atoms with Gasteiger partial charge in [0.1, 0.15) is 0 Å². The quantitative estimate of drug-likeness (QED) is 0.884. The Balaban J connectivity index is 1.69. The molecule has 2 aliphatic rings. The van der Waals surface area contributed by atoms with Crippen LogP contribution in [0.1, 0.15) is 31.7 Å². The Morgan fingerprint density at radius 2 is 2.15 bits per heavy atom. The number of ether oxygens (including phenoxy) is 1. The molecule has 2 fully saturated rings. The lowest BCUT2D eigenvalue weighted by atomic mass is 10.1. The van der Waals surface area contributed by atoms with E-state index in [2.05, 4.69) is 10.2 Å². The Morgan fingerprint density at radius 3 is 3.00 bits per heavy atom. The maximum atomic E-state index is 10.3. The number of phenolic OH excluding ortho intramolecular Hbond substituents is 1. The second-order valence-corrected chi connectivity index (χ2v) is 5.86. The van der Waals surface area contributed by atoms with Crippen LogP contribution in [0, 0.1) is 0 Å². The van der Waals surface area contributed by atoms with Gasteiger partial charge in [-0.1, -0.05) is 12.1 Å². The average molecular weight is 276 g/mol. The number of aromatic hydroxyl groups is 1. The van der Waals surface area contributed by atoms with Crippen molar-refractivity contribution in [2.45, 2.75) is 44.8 Å². The smallest absolute Gasteiger partial charge is 0.162 e. The van der Waals surface area contributed by atoms with Gasteiger partial charge in [0.25, 0.3) is 0 Å². The van der Waals surface area contributed by atoms with E-state index in [1.54, 1.807) is 0 Å². The summed E-state index contributed by atoms with van der Waals surface area (Å²) >= 11 is 0. The van der Waals surface area contributed by atoms with Crippen LogP contribution in [0.25, 0.3) is 0 Å². The first-order valence-corrected chi connectivity index (χ1v) is 7.68. The molecular formula is C16H24N2O2. The van der Waals surface area contributed by atoms with Crippen molar-refractivity contribution in [1.82, 2.24) is 10.2 Å². The van der Waals surface area contributed by atoms with E-state index < -0.39 is 0 Å². The third kappa shape index (κ3) is 2.91. The standard InChI is InChI=1S/C16H24N2O2/c1-2-20-15-5-3-4-12(16(15)19)10-18-9-8-13-6-7-14(11-18)17-13/h3-5,13-14,17,19H,2,6-11H2,1H3. The molecular weight excluding hydrogens is 252 g/mol. The summed E-state index contributed by atoms with van der Waals surface area (Å²) in [5, 5.41) is 14.0. The molecule has 20 heavy (non-hydrogen) atoms. The maximum absolute atomic E-state index is 10.3. The molecule has 0 aromatic heterocycles. The fraction of sp³-hybridized carbons (Fsp3) is 0.625. The zero-order valence-electron chi connectivity index (χ0n) is 12.1. The maximum Gasteiger partial charge on any atom is 0.162 e. The Bertz CT molecular complexity index is 464. The Labute approximate surface area is 120 Å². The molecule has 2 atom stereocenters. The predicted octanol–water partition coefficient (Wildman–Crippen LogP) is 2.12. The van der Waals surface area contributed by atoms with E-state index in [4.69, 9.17) is 4.74 Å². The van der Waals surface area contributed by atoms with Crippen molar-refractivity contribution in [3.8, 4) is 11.5 Å². The van der Waals surface area contributed by atoms with Crippen LogP contribution in [0.5, 0.6) is 11.5 Å². The first-order chi connectivity index (χ1) is 9.76. The monoisotopic (exact) mass is 276 g/mol. The van der Waals surface area contributed by atoms with E-state index >= 15 is 0 Å². The molecule has 1 aromatic carbocycles. The predicted molar refractivity (Wildman–Crippen MR) is 79.1 cm³/mol. The number of hydrogen-bond acceptors (Lipinski definition) is 4. The highest BCUT2D eigenvalue weighted by Crippen LogP contribution is 2.31. The van der Waals surface area contributed by atoms with Crippen LogP contribution < -0.4 is 10.1 Å². The minimum absolute atomic E-state index is 0.303. The minimum atomic E-state index is 0.303. The van der Waals surface area contributed by atoms with Crippen molar-refractivity contribution in [3.63, 3.8) is 0 Å². The molecule has 2 N–H and O–H groups in total. The van der Waals surface area contributed by atoms with Gasteiger partial charge in [0, 0.05) is 37.3 Å². The molecule has 4 nitrogen and oxygen atoms in total. The summed E-state index contributed by atoms with van der Waals surface area (Å²) in [5.41, 5.74) is 0.966. The van der Waals surface area contributed by atoms with E-state index in [0.717, 1.165) is 25.2 Å². The van der Waals surface area contributed by atoms with Crippen LogP contribution in [0.3, 0.4) is 0 Å². The van der Waals surface area contributed by atoms with Gasteiger partial charge >= 0.3 is 0 Å². The van der Waals surface area contributed by atoms with Crippen molar-refractivity contribution < 1.29 is 9.84 Å². The van der Waals surface area contributed by atoms with Gasteiger partial charge in [-0.05, 0) is 32.3 Å². The van der Waals surface area contributed by atoms with E-state index in [9.17, 15) is 5.11 Å². The average Bonchev–Trinajstić information content (AvgIpc) is 2.77. The molecule has 0 saturated carbocycles. The number of hydrogen-bond donors (Lipinski definition) is 2. The van der Waals surface area contributed by atoms with E-state index in [1.807, 2.05) is 25.1 Å². The fourth-order valence-corrected chi connectivity index (χ4v) is 3.37. The number of rotatable bonds is 4. The number of fused-ring (bicyclic) bond motifs is 2. The van der Waals surface area contributed by atoms with Crippen LogP contribution >= 0.6 is 0 Å². The van der Waals surface area contributed by atoms with Crippen molar-refractivity contribution in [3.05, 3.63) is 23.8 Å². The highest BCUT2D eigenvalue weighted by atomic mass is 16.5. The minimum Gasteiger partial charge on any atom is -0.504 e. The van der Waals surface area contributed by atoms with Crippen molar-refractivity contribution >= 4 is 0 Å². The molecule has 2 unspecified atom stereocenters. The van der Waals surface area contributed by atoms with Gasteiger partial charge in [-0.2, -0.15) is 0 Å². The highest BCUT2D eigenvalue weighted by Gasteiger charge is 2.29. The second-order valence-electron chi connectivity index (χ2n) is 5.86. The fourth-order valence-electron chi connectivity index (χ4n) is 3.37. The first kappa shape index (κ1) is 13.7. The normalized spacial score (nSPS) is 26.4. The largest absolute Gasteiger partial charge is 0.504 e. The molecule has 2 saturated heterocycles. The summed E-state index contributed by atoms with van der Waals surface area (Å²) in [6.07, 6.45) is 3.82. The Hall–Kier alpha value is -1.26. The molecule has 1 aromatic rings. The second kappa shape index (κ2) is 6.02. The number of para-hydroxylation sites is 1. The molecule has 0 aliphatic carbocycles. The van der Waals surface area contributed by atoms with Gasteiger partial charge in [0.05, 0.1) is 6.61 Å². The Kier molecular flexibility index (Phi) is 4.13. The summed E-state index contributed by atoms with van der Waals surface area (Å²) in [7, 11) is 0. The SMILES string of the molecule is CCOc1cccc(CN2CCC3CCC(C2)N3)c1O. The molecule has 2 heterocycles. The topological polar surface area (TPSA) is 44.7 Å². The summed E-state index contributed by atoms with van der Waals surface area (Å²) in [5.74, 6) is 0.899. The molecule has 0 spiro atoms. The third-order valence-electron chi connectivity index (χ3n) is 4.38. The van der Waals surface area contributed by atoms with Gasteiger partial charge in [0.2, 0.25) is 0 Å². The van der Waals surface area contributed by atoms with Gasteiger partial charge in [-0.3, -0.25) is 4.90 Å². The third-order valence-corrected chi connectivity index (χ3v) is 4.38. The summed E-state index contributed by atoms with van der Waals surface area (Å²) in [6.45, 7) is 5.50. The van der Waals surface area contributed by atoms with Gasteiger partial charge in [-0.25, -0.2) is 0 Å².